The summed E-state index contributed by atoms with van der Waals surface area (Å²) >= 11 is 1.74. The molecule has 1 aromatic heterocycles. The van der Waals surface area contributed by atoms with Crippen molar-refractivity contribution in [3.05, 3.63) is 16.1 Å². The lowest BCUT2D eigenvalue weighted by atomic mass is 9.67. The van der Waals surface area contributed by atoms with Gasteiger partial charge in [-0.15, -0.1) is 11.3 Å². The Balaban J connectivity index is 1.69. The molecule has 114 valence electrons. The highest BCUT2D eigenvalue weighted by atomic mass is 32.1. The van der Waals surface area contributed by atoms with Crippen molar-refractivity contribution < 1.29 is 4.79 Å². The third kappa shape index (κ3) is 1.90. The van der Waals surface area contributed by atoms with Gasteiger partial charge in [0, 0.05) is 6.04 Å². The summed E-state index contributed by atoms with van der Waals surface area (Å²) in [6.07, 6.45) is 6.76. The van der Waals surface area contributed by atoms with Crippen LogP contribution in [-0.2, 0) is 4.79 Å². The van der Waals surface area contributed by atoms with E-state index in [1.165, 1.54) is 17.7 Å². The van der Waals surface area contributed by atoms with Crippen LogP contribution in [0.15, 0.2) is 5.51 Å². The molecule has 1 N–H and O–H groups in total. The average Bonchev–Trinajstić information content (AvgIpc) is 3.15. The first-order valence-electron chi connectivity index (χ1n) is 8.17. The number of nitrogens with one attached hydrogen (secondary N) is 1. The third-order valence-corrected chi connectivity index (χ3v) is 6.67. The first-order valence-corrected chi connectivity index (χ1v) is 9.05. The molecule has 4 nitrogen and oxygen atoms in total. The molecule has 1 amide bonds. The lowest BCUT2D eigenvalue weighted by Gasteiger charge is -2.58. The maximum Gasteiger partial charge on any atom is 0.232 e. The molecule has 2 saturated heterocycles. The van der Waals surface area contributed by atoms with Crippen LogP contribution in [0.25, 0.3) is 0 Å². The smallest absolute Gasteiger partial charge is 0.232 e. The second kappa shape index (κ2) is 5.06. The Morgan fingerprint density at radius 2 is 2.05 bits per heavy atom. The number of likely N-dealkylation sites (tertiary alicyclic amines) is 1. The average molecular weight is 305 g/mol. The van der Waals surface area contributed by atoms with Crippen LogP contribution in [0.2, 0.25) is 0 Å². The van der Waals surface area contributed by atoms with Gasteiger partial charge >= 0.3 is 0 Å². The van der Waals surface area contributed by atoms with Gasteiger partial charge in [-0.3, -0.25) is 4.79 Å². The van der Waals surface area contributed by atoms with E-state index in [9.17, 15) is 4.79 Å². The van der Waals surface area contributed by atoms with Crippen LogP contribution in [0.5, 0.6) is 0 Å². The molecule has 0 unspecified atom stereocenters. The molecule has 1 atom stereocenters. The fourth-order valence-electron chi connectivity index (χ4n) is 4.60. The largest absolute Gasteiger partial charge is 0.330 e. The van der Waals surface area contributed by atoms with Crippen LogP contribution >= 0.6 is 11.3 Å². The zero-order valence-electron chi connectivity index (χ0n) is 12.6. The summed E-state index contributed by atoms with van der Waals surface area (Å²) in [6, 6.07) is 0.736. The summed E-state index contributed by atoms with van der Waals surface area (Å²) in [5.74, 6) is 0.435. The molecular formula is C16H23N3OS. The lowest BCUT2D eigenvalue weighted by Crippen LogP contribution is -2.66. The van der Waals surface area contributed by atoms with E-state index in [2.05, 4.69) is 22.1 Å². The molecule has 3 aliphatic rings. The topological polar surface area (TPSA) is 45.2 Å². The zero-order chi connectivity index (χ0) is 14.4. The quantitative estimate of drug-likeness (QED) is 0.854. The lowest BCUT2D eigenvalue weighted by molar-refractivity contribution is -0.179. The van der Waals surface area contributed by atoms with E-state index in [1.54, 1.807) is 11.3 Å². The van der Waals surface area contributed by atoms with Crippen LogP contribution < -0.4 is 5.32 Å². The van der Waals surface area contributed by atoms with Gasteiger partial charge in [-0.05, 0) is 45.7 Å². The summed E-state index contributed by atoms with van der Waals surface area (Å²) in [5.41, 5.74) is 2.99. The molecule has 21 heavy (non-hydrogen) atoms. The van der Waals surface area contributed by atoms with Crippen LogP contribution in [0.3, 0.4) is 0 Å². The number of rotatable bonds is 2. The number of carbonyl (C=O) groups is 1. The summed E-state index contributed by atoms with van der Waals surface area (Å²) in [5, 5.41) is 3.41. The minimum absolute atomic E-state index is 0.0812. The fraction of sp³-hybridized carbons (Fsp3) is 0.750. The molecule has 0 aromatic carbocycles. The van der Waals surface area contributed by atoms with E-state index >= 15 is 0 Å². The van der Waals surface area contributed by atoms with Crippen molar-refractivity contribution in [2.24, 2.45) is 5.41 Å². The van der Waals surface area contributed by atoms with Crippen molar-refractivity contribution in [1.29, 1.82) is 0 Å². The van der Waals surface area contributed by atoms with E-state index in [0.717, 1.165) is 44.5 Å². The molecule has 0 radical (unpaired) electrons. The second-order valence-electron chi connectivity index (χ2n) is 6.76. The Kier molecular flexibility index (Phi) is 3.30. The first kappa shape index (κ1) is 13.7. The molecule has 0 bridgehead atoms. The van der Waals surface area contributed by atoms with E-state index in [-0.39, 0.29) is 5.41 Å². The highest BCUT2D eigenvalue weighted by Gasteiger charge is 2.63. The monoisotopic (exact) mass is 305 g/mol. The maximum atomic E-state index is 13.0. The molecule has 4 rings (SSSR count). The van der Waals surface area contributed by atoms with Gasteiger partial charge in [-0.25, -0.2) is 4.98 Å². The van der Waals surface area contributed by atoms with Crippen molar-refractivity contribution in [3.63, 3.8) is 0 Å². The number of β-lactam (4-membered cyclic amide) rings is 1. The molecule has 3 heterocycles. The number of aryl methyl sites for hydroxylation is 1. The van der Waals surface area contributed by atoms with Crippen molar-refractivity contribution in [2.75, 3.05) is 13.1 Å². The Morgan fingerprint density at radius 3 is 2.67 bits per heavy atom. The van der Waals surface area contributed by atoms with Gasteiger partial charge in [0.15, 0.2) is 0 Å². The highest BCUT2D eigenvalue weighted by molar-refractivity contribution is 7.09. The second-order valence-corrected chi connectivity index (χ2v) is 7.65. The molecule has 3 fully saturated rings. The Hall–Kier alpha value is -0.940. The number of nitrogens with zero attached hydrogens (tertiary/aromatic N) is 2. The Labute approximate surface area is 129 Å². The van der Waals surface area contributed by atoms with Gasteiger partial charge in [0.05, 0.1) is 27.5 Å². The Morgan fingerprint density at radius 1 is 1.33 bits per heavy atom. The van der Waals surface area contributed by atoms with Gasteiger partial charge in [0.25, 0.3) is 0 Å². The SMILES string of the molecule is Cc1ncsc1[C@H]1N(C2CCNCC2)C(=O)C12CCCC2. The van der Waals surface area contributed by atoms with Crippen molar-refractivity contribution in [1.82, 2.24) is 15.2 Å². The van der Waals surface area contributed by atoms with Gasteiger partial charge < -0.3 is 10.2 Å². The van der Waals surface area contributed by atoms with E-state index in [0.29, 0.717) is 18.0 Å². The summed E-state index contributed by atoms with van der Waals surface area (Å²) < 4.78 is 0. The molecule has 1 aliphatic carbocycles. The number of amides is 1. The minimum atomic E-state index is -0.0812. The predicted octanol–water partition coefficient (Wildman–Crippen LogP) is 2.65. The number of thiazole rings is 1. The highest BCUT2D eigenvalue weighted by Crippen LogP contribution is 2.61. The normalized spacial score (nSPS) is 29.1. The van der Waals surface area contributed by atoms with Crippen molar-refractivity contribution in [3.8, 4) is 0 Å². The third-order valence-electron chi connectivity index (χ3n) is 5.69. The van der Waals surface area contributed by atoms with E-state index < -0.39 is 0 Å². The summed E-state index contributed by atoms with van der Waals surface area (Å²) in [6.45, 7) is 4.17. The predicted molar refractivity (Wildman–Crippen MR) is 83.2 cm³/mol. The molecular weight excluding hydrogens is 282 g/mol. The number of hydrogen-bond acceptors (Lipinski definition) is 4. The van der Waals surface area contributed by atoms with Crippen molar-refractivity contribution >= 4 is 17.2 Å². The standard InChI is InChI=1S/C16H23N3OS/c1-11-13(21-10-18-11)14-16(6-2-3-7-16)15(20)19(14)12-4-8-17-9-5-12/h10,12,14,17H,2-9H2,1H3/t14-/m1/s1. The molecule has 2 aliphatic heterocycles. The van der Waals surface area contributed by atoms with Crippen molar-refractivity contribution in [2.45, 2.75) is 57.5 Å². The number of aromatic nitrogens is 1. The van der Waals surface area contributed by atoms with Crippen LogP contribution in [0.1, 0.15) is 55.1 Å². The number of piperidine rings is 1. The molecule has 5 heteroatoms. The zero-order valence-corrected chi connectivity index (χ0v) is 13.4. The van der Waals surface area contributed by atoms with Crippen LogP contribution in [0, 0.1) is 12.3 Å². The fourth-order valence-corrected chi connectivity index (χ4v) is 5.61. The number of hydrogen-bond donors (Lipinski definition) is 1. The van der Waals surface area contributed by atoms with Crippen LogP contribution in [0.4, 0.5) is 0 Å². The summed E-state index contributed by atoms with van der Waals surface area (Å²) in [7, 11) is 0. The van der Waals surface area contributed by atoms with Gasteiger partial charge in [-0.2, -0.15) is 0 Å². The van der Waals surface area contributed by atoms with Gasteiger partial charge in [0.1, 0.15) is 0 Å². The van der Waals surface area contributed by atoms with Gasteiger partial charge in [-0.1, -0.05) is 12.8 Å². The number of carbonyl (C=O) groups excluding carboxylic acids is 1. The van der Waals surface area contributed by atoms with Crippen LogP contribution in [-0.4, -0.2) is 34.9 Å². The van der Waals surface area contributed by atoms with Gasteiger partial charge in [0.2, 0.25) is 5.91 Å². The molecule has 1 saturated carbocycles. The Bertz CT molecular complexity index is 543. The van der Waals surface area contributed by atoms with E-state index in [1.807, 2.05) is 5.51 Å². The maximum absolute atomic E-state index is 13.0. The van der Waals surface area contributed by atoms with E-state index in [4.69, 9.17) is 0 Å². The summed E-state index contributed by atoms with van der Waals surface area (Å²) in [4.78, 5) is 21.0. The molecule has 1 aromatic rings. The minimum Gasteiger partial charge on any atom is -0.330 e. The molecule has 1 spiro atoms. The first-order chi connectivity index (χ1) is 10.2.